The third kappa shape index (κ3) is 4.01. The second kappa shape index (κ2) is 8.22. The van der Waals surface area contributed by atoms with Gasteiger partial charge in [-0.05, 0) is 6.07 Å². The summed E-state index contributed by atoms with van der Waals surface area (Å²) in [5.74, 6) is 0.280. The van der Waals surface area contributed by atoms with Crippen LogP contribution in [0, 0.1) is 0 Å². The van der Waals surface area contributed by atoms with Crippen molar-refractivity contribution in [3.05, 3.63) is 28.7 Å². The third-order valence-corrected chi connectivity index (χ3v) is 5.57. The normalized spacial score (nSPS) is 12.0. The monoisotopic (exact) mass is 440 g/mol. The number of aliphatic imine (C=N–C) groups is 1. The molecule has 11 nitrogen and oxygen atoms in total. The molecule has 1 aliphatic heterocycles. The molecule has 0 spiro atoms. The zero-order chi connectivity index (χ0) is 22.1. The Kier molecular flexibility index (Phi) is 5.46. The van der Waals surface area contributed by atoms with E-state index >= 15 is 0 Å². The summed E-state index contributed by atoms with van der Waals surface area (Å²) in [5.41, 5.74) is 2.78. The van der Waals surface area contributed by atoms with E-state index in [9.17, 15) is 9.59 Å². The first kappa shape index (κ1) is 20.6. The minimum atomic E-state index is -0.364. The summed E-state index contributed by atoms with van der Waals surface area (Å²) in [4.78, 5) is 49.6. The van der Waals surface area contributed by atoms with Gasteiger partial charge in [-0.3, -0.25) is 14.6 Å². The third-order valence-electron chi connectivity index (χ3n) is 4.61. The van der Waals surface area contributed by atoms with Crippen LogP contribution in [-0.4, -0.2) is 82.6 Å². The molecule has 0 atom stereocenters. The standard InChI is InChI=1S/C19H20N8O3S/c1-26(2)13(28)8-27(3)19(29)18-25-14-15(21-9-22-17(14)31-18)23-11-5-10-6-20-7-12(10)24-16(11)30-4/h5-6,9H,7-8H2,1-4H3,(H,21,22,23). The van der Waals surface area contributed by atoms with Crippen LogP contribution in [0.1, 0.15) is 21.1 Å². The number of ether oxygens (including phenoxy) is 1. The highest BCUT2D eigenvalue weighted by atomic mass is 32.1. The molecule has 3 aromatic heterocycles. The van der Waals surface area contributed by atoms with Gasteiger partial charge in [0.05, 0.1) is 25.9 Å². The number of anilines is 2. The maximum absolute atomic E-state index is 12.8. The summed E-state index contributed by atoms with van der Waals surface area (Å²) in [5, 5.41) is 3.40. The van der Waals surface area contributed by atoms with Gasteiger partial charge in [-0.25, -0.2) is 19.9 Å². The molecule has 0 radical (unpaired) electrons. The molecule has 0 aromatic carbocycles. The van der Waals surface area contributed by atoms with Crippen molar-refractivity contribution in [3.8, 4) is 5.88 Å². The Balaban J connectivity index is 1.64. The van der Waals surface area contributed by atoms with Gasteiger partial charge in [-0.2, -0.15) is 0 Å². The predicted molar refractivity (Wildman–Crippen MR) is 116 cm³/mol. The highest BCUT2D eigenvalue weighted by Gasteiger charge is 2.22. The molecule has 3 aromatic rings. The fourth-order valence-electron chi connectivity index (χ4n) is 2.91. The summed E-state index contributed by atoms with van der Waals surface area (Å²) in [6, 6.07) is 1.88. The summed E-state index contributed by atoms with van der Waals surface area (Å²) in [6.45, 7) is 0.475. The van der Waals surface area contributed by atoms with Crippen molar-refractivity contribution in [3.63, 3.8) is 0 Å². The van der Waals surface area contributed by atoms with Crippen LogP contribution in [0.5, 0.6) is 5.88 Å². The number of hydrogen-bond acceptors (Lipinski definition) is 10. The van der Waals surface area contributed by atoms with Gasteiger partial charge < -0.3 is 19.9 Å². The number of nitrogens with zero attached hydrogens (tertiary/aromatic N) is 7. The van der Waals surface area contributed by atoms with E-state index in [1.54, 1.807) is 27.4 Å². The number of rotatable bonds is 6. The molecule has 0 unspecified atom stereocenters. The molecule has 1 N–H and O–H groups in total. The largest absolute Gasteiger partial charge is 0.480 e. The average molecular weight is 440 g/mol. The molecule has 12 heteroatoms. The molecule has 4 heterocycles. The number of likely N-dealkylation sites (N-methyl/N-ethyl adjacent to an activating group) is 2. The van der Waals surface area contributed by atoms with E-state index in [4.69, 9.17) is 4.74 Å². The van der Waals surface area contributed by atoms with Crippen molar-refractivity contribution in [1.29, 1.82) is 0 Å². The van der Waals surface area contributed by atoms with E-state index in [0.29, 0.717) is 34.3 Å². The number of amides is 2. The van der Waals surface area contributed by atoms with Crippen LogP contribution in [0.2, 0.25) is 0 Å². The van der Waals surface area contributed by atoms with Crippen LogP contribution in [0.4, 0.5) is 11.5 Å². The Bertz CT molecular complexity index is 1210. The summed E-state index contributed by atoms with van der Waals surface area (Å²) in [6.07, 6.45) is 3.15. The lowest BCUT2D eigenvalue weighted by Gasteiger charge is -2.17. The van der Waals surface area contributed by atoms with Crippen LogP contribution in [0.25, 0.3) is 10.3 Å². The molecule has 160 valence electrons. The maximum atomic E-state index is 12.8. The van der Waals surface area contributed by atoms with E-state index in [2.05, 4.69) is 30.2 Å². The van der Waals surface area contributed by atoms with Gasteiger partial charge >= 0.3 is 0 Å². The molecule has 2 amide bonds. The van der Waals surface area contributed by atoms with Crippen LogP contribution < -0.4 is 10.1 Å². The van der Waals surface area contributed by atoms with Gasteiger partial charge in [-0.1, -0.05) is 11.3 Å². The first-order valence-corrected chi connectivity index (χ1v) is 10.1. The summed E-state index contributed by atoms with van der Waals surface area (Å²) < 4.78 is 5.40. The average Bonchev–Trinajstić information content (AvgIpc) is 3.39. The molecule has 0 bridgehead atoms. The van der Waals surface area contributed by atoms with Gasteiger partial charge in [0.2, 0.25) is 11.8 Å². The Morgan fingerprint density at radius 2 is 2.03 bits per heavy atom. The van der Waals surface area contributed by atoms with E-state index in [1.807, 2.05) is 6.07 Å². The molecule has 31 heavy (non-hydrogen) atoms. The Morgan fingerprint density at radius 3 is 2.77 bits per heavy atom. The first-order chi connectivity index (χ1) is 14.9. The van der Waals surface area contributed by atoms with Gasteiger partial charge in [0, 0.05) is 32.9 Å². The minimum Gasteiger partial charge on any atom is -0.480 e. The van der Waals surface area contributed by atoms with Crippen molar-refractivity contribution >= 4 is 51.2 Å². The van der Waals surface area contributed by atoms with E-state index in [-0.39, 0.29) is 23.4 Å². The minimum absolute atomic E-state index is 0.0436. The molecule has 0 saturated heterocycles. The second-order valence-corrected chi connectivity index (χ2v) is 8.00. The Hall–Kier alpha value is -3.67. The number of methoxy groups -OCH3 is 1. The Labute approximate surface area is 181 Å². The smallest absolute Gasteiger partial charge is 0.283 e. The molecular weight excluding hydrogens is 420 g/mol. The predicted octanol–water partition coefficient (Wildman–Crippen LogP) is 1.33. The van der Waals surface area contributed by atoms with Crippen molar-refractivity contribution < 1.29 is 14.3 Å². The fourth-order valence-corrected chi connectivity index (χ4v) is 3.81. The number of carbonyl (C=O) groups is 2. The van der Waals surface area contributed by atoms with Crippen LogP contribution in [0.3, 0.4) is 0 Å². The van der Waals surface area contributed by atoms with E-state index < -0.39 is 0 Å². The highest BCUT2D eigenvalue weighted by Crippen LogP contribution is 2.32. The van der Waals surface area contributed by atoms with Gasteiger partial charge in [-0.15, -0.1) is 0 Å². The molecule has 0 fully saturated rings. The number of aromatic nitrogens is 4. The molecule has 0 saturated carbocycles. The number of nitrogens with one attached hydrogen (secondary N) is 1. The zero-order valence-corrected chi connectivity index (χ0v) is 18.2. The van der Waals surface area contributed by atoms with Gasteiger partial charge in [0.15, 0.2) is 10.8 Å². The zero-order valence-electron chi connectivity index (χ0n) is 17.4. The number of hydrogen-bond donors (Lipinski definition) is 1. The Morgan fingerprint density at radius 1 is 1.23 bits per heavy atom. The number of carbonyl (C=O) groups excluding carboxylic acids is 2. The van der Waals surface area contributed by atoms with Crippen molar-refractivity contribution in [2.45, 2.75) is 6.54 Å². The lowest BCUT2D eigenvalue weighted by atomic mass is 10.2. The van der Waals surface area contributed by atoms with Crippen molar-refractivity contribution in [1.82, 2.24) is 29.7 Å². The fraction of sp³-hybridized carbons (Fsp3) is 0.316. The topological polar surface area (TPSA) is 126 Å². The number of fused-ring (bicyclic) bond motifs is 2. The quantitative estimate of drug-likeness (QED) is 0.608. The molecule has 4 rings (SSSR count). The number of thiazole rings is 1. The lowest BCUT2D eigenvalue weighted by Crippen LogP contribution is -2.37. The van der Waals surface area contributed by atoms with Crippen LogP contribution in [-0.2, 0) is 11.3 Å². The summed E-state index contributed by atoms with van der Waals surface area (Å²) in [7, 11) is 6.37. The van der Waals surface area contributed by atoms with Crippen LogP contribution >= 0.6 is 11.3 Å². The lowest BCUT2D eigenvalue weighted by molar-refractivity contribution is -0.129. The van der Waals surface area contributed by atoms with E-state index in [1.165, 1.54) is 23.2 Å². The van der Waals surface area contributed by atoms with Crippen molar-refractivity contribution in [2.24, 2.45) is 4.99 Å². The SMILES string of the molecule is COc1nc2c(cc1Nc1ncnc3sc(C(=O)N(C)CC(=O)N(C)C)nc13)C=NC2. The van der Waals surface area contributed by atoms with Crippen molar-refractivity contribution in [2.75, 3.05) is 40.1 Å². The van der Waals surface area contributed by atoms with Crippen LogP contribution in [0.15, 0.2) is 17.4 Å². The molecular formula is C19H20N8O3S. The van der Waals surface area contributed by atoms with Gasteiger partial charge in [0.25, 0.3) is 5.91 Å². The molecule has 1 aliphatic rings. The number of pyridine rings is 1. The molecule has 0 aliphatic carbocycles. The van der Waals surface area contributed by atoms with Gasteiger partial charge in [0.1, 0.15) is 22.4 Å². The van der Waals surface area contributed by atoms with E-state index in [0.717, 1.165) is 22.6 Å². The summed E-state index contributed by atoms with van der Waals surface area (Å²) >= 11 is 1.14. The second-order valence-electron chi connectivity index (χ2n) is 7.02. The first-order valence-electron chi connectivity index (χ1n) is 9.29. The highest BCUT2D eigenvalue weighted by molar-refractivity contribution is 7.19. The maximum Gasteiger partial charge on any atom is 0.283 e.